The van der Waals surface area contributed by atoms with Gasteiger partial charge in [0.15, 0.2) is 0 Å². The van der Waals surface area contributed by atoms with E-state index in [9.17, 15) is 22.8 Å². The summed E-state index contributed by atoms with van der Waals surface area (Å²) in [7, 11) is 0. The first-order chi connectivity index (χ1) is 15.3. The molecule has 0 bridgehead atoms. The van der Waals surface area contributed by atoms with Crippen molar-refractivity contribution in [1.82, 2.24) is 20.0 Å². The fraction of sp³-hybridized carbons (Fsp3) is 0.500. The van der Waals surface area contributed by atoms with Crippen LogP contribution < -0.4 is 11.1 Å². The summed E-state index contributed by atoms with van der Waals surface area (Å²) in [5.74, 6) is -4.11. The van der Waals surface area contributed by atoms with E-state index in [2.05, 4.69) is 10.4 Å². The molecule has 0 saturated heterocycles. The summed E-state index contributed by atoms with van der Waals surface area (Å²) in [6.07, 6.45) is -0.787. The minimum absolute atomic E-state index is 0.0156. The number of nitrogens with one attached hydrogen (secondary N) is 1. The number of urea groups is 1. The van der Waals surface area contributed by atoms with Gasteiger partial charge in [0.2, 0.25) is 0 Å². The molecular formula is C22H25ClF3N5O2. The highest BCUT2D eigenvalue weighted by Gasteiger charge is 2.47. The van der Waals surface area contributed by atoms with Crippen LogP contribution in [0.2, 0.25) is 5.02 Å². The van der Waals surface area contributed by atoms with Crippen LogP contribution in [0.5, 0.6) is 0 Å². The van der Waals surface area contributed by atoms with Gasteiger partial charge in [-0.25, -0.2) is 18.0 Å². The molecule has 0 spiro atoms. The zero-order valence-electron chi connectivity index (χ0n) is 18.5. The van der Waals surface area contributed by atoms with Crippen molar-refractivity contribution in [2.45, 2.75) is 58.2 Å². The SMILES string of the molecule is CC(C)(C)C1CN(C(=O)NC2CC(F)(F)C2)Cc2c(C(N)=O)c(-c3ccc(F)c(Cl)c3)nn21. The van der Waals surface area contributed by atoms with Crippen LogP contribution in [0.3, 0.4) is 0 Å². The molecule has 4 rings (SSSR count). The second-order valence-corrected chi connectivity index (χ2v) is 10.2. The van der Waals surface area contributed by atoms with Gasteiger partial charge in [0.25, 0.3) is 11.8 Å². The van der Waals surface area contributed by atoms with Crippen LogP contribution in [-0.4, -0.2) is 45.1 Å². The lowest BCUT2D eigenvalue weighted by atomic mass is 9.85. The number of rotatable bonds is 3. The maximum atomic E-state index is 13.7. The lowest BCUT2D eigenvalue weighted by Crippen LogP contribution is -2.56. The van der Waals surface area contributed by atoms with Gasteiger partial charge in [-0.1, -0.05) is 32.4 Å². The molecular weight excluding hydrogens is 459 g/mol. The van der Waals surface area contributed by atoms with Gasteiger partial charge in [0.05, 0.1) is 28.9 Å². The predicted octanol–water partition coefficient (Wildman–Crippen LogP) is 4.35. The van der Waals surface area contributed by atoms with Gasteiger partial charge in [-0.3, -0.25) is 9.48 Å². The lowest BCUT2D eigenvalue weighted by molar-refractivity contribution is -0.0905. The largest absolute Gasteiger partial charge is 0.365 e. The number of aromatic nitrogens is 2. The molecule has 1 aliphatic carbocycles. The number of alkyl halides is 2. The van der Waals surface area contributed by atoms with Crippen LogP contribution in [0.15, 0.2) is 18.2 Å². The summed E-state index contributed by atoms with van der Waals surface area (Å²) in [5, 5.41) is 7.16. The van der Waals surface area contributed by atoms with Crippen molar-refractivity contribution in [3.63, 3.8) is 0 Å². The van der Waals surface area contributed by atoms with Crippen LogP contribution in [0, 0.1) is 11.2 Å². The second-order valence-electron chi connectivity index (χ2n) is 9.78. The fourth-order valence-electron chi connectivity index (χ4n) is 4.34. The number of amides is 3. The first-order valence-corrected chi connectivity index (χ1v) is 10.9. The smallest absolute Gasteiger partial charge is 0.318 e. The average Bonchev–Trinajstić information content (AvgIpc) is 3.06. The molecule has 33 heavy (non-hydrogen) atoms. The van der Waals surface area contributed by atoms with Crippen LogP contribution in [0.4, 0.5) is 18.0 Å². The van der Waals surface area contributed by atoms with E-state index in [1.54, 1.807) is 4.68 Å². The number of benzene rings is 1. The third-order valence-electron chi connectivity index (χ3n) is 6.18. The number of carbonyl (C=O) groups is 2. The molecule has 3 N–H and O–H groups in total. The summed E-state index contributed by atoms with van der Waals surface area (Å²) in [6.45, 7) is 6.18. The van der Waals surface area contributed by atoms with Crippen molar-refractivity contribution in [3.8, 4) is 11.3 Å². The van der Waals surface area contributed by atoms with Crippen molar-refractivity contribution >= 4 is 23.5 Å². The number of fused-ring (bicyclic) bond motifs is 1. The Bertz CT molecular complexity index is 1120. The van der Waals surface area contributed by atoms with E-state index < -0.39 is 42.6 Å². The van der Waals surface area contributed by atoms with Gasteiger partial charge in [-0.05, 0) is 23.6 Å². The van der Waals surface area contributed by atoms with Crippen LogP contribution >= 0.6 is 11.6 Å². The number of nitrogens with two attached hydrogens (primary N) is 1. The summed E-state index contributed by atoms with van der Waals surface area (Å²) in [5.41, 5.74) is 6.52. The highest BCUT2D eigenvalue weighted by molar-refractivity contribution is 6.31. The van der Waals surface area contributed by atoms with Crippen LogP contribution in [-0.2, 0) is 6.54 Å². The monoisotopic (exact) mass is 483 g/mol. The Hall–Kier alpha value is -2.75. The van der Waals surface area contributed by atoms with Crippen LogP contribution in [0.25, 0.3) is 11.3 Å². The summed E-state index contributed by atoms with van der Waals surface area (Å²) in [6, 6.07) is 2.58. The molecule has 2 aliphatic rings. The zero-order chi connectivity index (χ0) is 24.3. The Balaban J connectivity index is 1.74. The number of hydrogen-bond donors (Lipinski definition) is 2. The van der Waals surface area contributed by atoms with Crippen molar-refractivity contribution in [3.05, 3.63) is 40.3 Å². The summed E-state index contributed by atoms with van der Waals surface area (Å²) in [4.78, 5) is 26.9. The van der Waals surface area contributed by atoms with E-state index in [-0.39, 0.29) is 40.8 Å². The molecule has 1 aromatic heterocycles. The highest BCUT2D eigenvalue weighted by atomic mass is 35.5. The van der Waals surface area contributed by atoms with Gasteiger partial charge in [-0.15, -0.1) is 0 Å². The third-order valence-corrected chi connectivity index (χ3v) is 6.47. The van der Waals surface area contributed by atoms with Crippen molar-refractivity contribution in [1.29, 1.82) is 0 Å². The molecule has 2 heterocycles. The van der Waals surface area contributed by atoms with E-state index in [4.69, 9.17) is 17.3 Å². The van der Waals surface area contributed by atoms with Crippen molar-refractivity contribution in [2.24, 2.45) is 11.1 Å². The molecule has 1 fully saturated rings. The molecule has 1 aliphatic heterocycles. The molecule has 1 atom stereocenters. The summed E-state index contributed by atoms with van der Waals surface area (Å²) >= 11 is 5.94. The molecule has 0 radical (unpaired) electrons. The van der Waals surface area contributed by atoms with Gasteiger partial charge >= 0.3 is 6.03 Å². The van der Waals surface area contributed by atoms with Crippen molar-refractivity contribution in [2.75, 3.05) is 6.54 Å². The first kappa shape index (κ1) is 23.4. The maximum absolute atomic E-state index is 13.7. The number of hydrogen-bond acceptors (Lipinski definition) is 3. The minimum atomic E-state index is -2.75. The van der Waals surface area contributed by atoms with Gasteiger partial charge in [0.1, 0.15) is 11.5 Å². The van der Waals surface area contributed by atoms with E-state index >= 15 is 0 Å². The molecule has 3 amide bonds. The molecule has 11 heteroatoms. The number of primary amides is 1. The minimum Gasteiger partial charge on any atom is -0.365 e. The predicted molar refractivity (Wildman–Crippen MR) is 117 cm³/mol. The van der Waals surface area contributed by atoms with Gasteiger partial charge < -0.3 is 16.0 Å². The quantitative estimate of drug-likeness (QED) is 0.679. The Morgan fingerprint density at radius 3 is 2.48 bits per heavy atom. The van der Waals surface area contributed by atoms with Crippen molar-refractivity contribution < 1.29 is 22.8 Å². The summed E-state index contributed by atoms with van der Waals surface area (Å²) < 4.78 is 41.8. The highest BCUT2D eigenvalue weighted by Crippen LogP contribution is 2.40. The Morgan fingerprint density at radius 2 is 1.94 bits per heavy atom. The number of carbonyl (C=O) groups excluding carboxylic acids is 2. The fourth-order valence-corrected chi connectivity index (χ4v) is 4.52. The second kappa shape index (κ2) is 7.93. The maximum Gasteiger partial charge on any atom is 0.318 e. The molecule has 7 nitrogen and oxygen atoms in total. The third kappa shape index (κ3) is 4.40. The molecule has 1 saturated carbocycles. The number of nitrogens with zero attached hydrogens (tertiary/aromatic N) is 3. The lowest BCUT2D eigenvalue weighted by Gasteiger charge is -2.42. The van der Waals surface area contributed by atoms with Gasteiger partial charge in [-0.2, -0.15) is 5.10 Å². The first-order valence-electron chi connectivity index (χ1n) is 10.6. The normalized spacial score (nSPS) is 20.2. The molecule has 1 unspecified atom stereocenters. The Kier molecular flexibility index (Phi) is 5.63. The van der Waals surface area contributed by atoms with Gasteiger partial charge in [0, 0.05) is 31.0 Å². The average molecular weight is 484 g/mol. The topological polar surface area (TPSA) is 93.2 Å². The Labute approximate surface area is 194 Å². The van der Waals surface area contributed by atoms with E-state index in [1.807, 2.05) is 20.8 Å². The number of halogens is 4. The van der Waals surface area contributed by atoms with E-state index in [1.165, 1.54) is 23.1 Å². The van der Waals surface area contributed by atoms with Crippen LogP contribution in [0.1, 0.15) is 55.7 Å². The Morgan fingerprint density at radius 1 is 1.27 bits per heavy atom. The zero-order valence-corrected chi connectivity index (χ0v) is 19.2. The standard InChI is InChI=1S/C22H25ClF3N5O2/c1-21(2,3)16-10-30(20(33)28-12-7-22(25,26)8-12)9-15-17(19(27)32)18(29-31(15)16)11-4-5-14(24)13(23)6-11/h4-6,12,16H,7-10H2,1-3H3,(H2,27,32)(H,28,33). The molecule has 178 valence electrons. The molecule has 2 aromatic rings. The van der Waals surface area contributed by atoms with E-state index in [0.717, 1.165) is 0 Å². The molecule has 1 aromatic carbocycles. The van der Waals surface area contributed by atoms with E-state index in [0.29, 0.717) is 11.3 Å².